The lowest BCUT2D eigenvalue weighted by molar-refractivity contribution is 0.0948. The molecule has 1 fully saturated rings. The van der Waals surface area contributed by atoms with Gasteiger partial charge < -0.3 is 15.0 Å². The van der Waals surface area contributed by atoms with Crippen molar-refractivity contribution in [3.63, 3.8) is 0 Å². The number of hydrogen-bond acceptors (Lipinski definition) is 5. The fourth-order valence-electron chi connectivity index (χ4n) is 3.85. The SMILES string of the molecule is CCOc1ccc(-c2nc(C(=O)NCCCN3CC[C@H](F)C3)c3ccc(Cl)cc3n2)cc1. The van der Waals surface area contributed by atoms with Crippen LogP contribution >= 0.6 is 11.6 Å². The van der Waals surface area contributed by atoms with E-state index in [-0.39, 0.29) is 5.91 Å². The minimum absolute atomic E-state index is 0.267. The quantitative estimate of drug-likeness (QED) is 0.505. The highest BCUT2D eigenvalue weighted by Crippen LogP contribution is 2.25. The second-order valence-corrected chi connectivity index (χ2v) is 8.25. The van der Waals surface area contributed by atoms with Gasteiger partial charge in [-0.1, -0.05) is 11.6 Å². The minimum Gasteiger partial charge on any atom is -0.494 e. The number of fused-ring (bicyclic) bond motifs is 1. The molecule has 1 saturated heterocycles. The van der Waals surface area contributed by atoms with E-state index in [1.165, 1.54) is 0 Å². The Morgan fingerprint density at radius 2 is 2.06 bits per heavy atom. The van der Waals surface area contributed by atoms with Crippen LogP contribution in [0.15, 0.2) is 42.5 Å². The molecule has 0 saturated carbocycles. The molecule has 0 aliphatic carbocycles. The molecule has 0 spiro atoms. The van der Waals surface area contributed by atoms with Gasteiger partial charge in [0, 0.05) is 35.6 Å². The summed E-state index contributed by atoms with van der Waals surface area (Å²) in [4.78, 5) is 24.3. The van der Waals surface area contributed by atoms with Gasteiger partial charge in [0.15, 0.2) is 5.82 Å². The van der Waals surface area contributed by atoms with Crippen LogP contribution < -0.4 is 10.1 Å². The number of benzene rings is 2. The maximum Gasteiger partial charge on any atom is 0.270 e. The normalized spacial score (nSPS) is 16.4. The van der Waals surface area contributed by atoms with Crippen molar-refractivity contribution in [3.8, 4) is 17.1 Å². The van der Waals surface area contributed by atoms with Crippen LogP contribution in [0.2, 0.25) is 5.02 Å². The fourth-order valence-corrected chi connectivity index (χ4v) is 4.01. The number of aromatic nitrogens is 2. The Bertz CT molecular complexity index is 1090. The summed E-state index contributed by atoms with van der Waals surface area (Å²) in [5.41, 5.74) is 1.69. The van der Waals surface area contributed by atoms with Gasteiger partial charge in [-0.25, -0.2) is 14.4 Å². The van der Waals surface area contributed by atoms with E-state index >= 15 is 0 Å². The first-order valence-electron chi connectivity index (χ1n) is 10.9. The Labute approximate surface area is 191 Å². The molecule has 0 bridgehead atoms. The third kappa shape index (κ3) is 5.34. The Morgan fingerprint density at radius 3 is 2.78 bits per heavy atom. The molecular weight excluding hydrogens is 431 g/mol. The van der Waals surface area contributed by atoms with Crippen LogP contribution in [0.5, 0.6) is 5.75 Å². The predicted molar refractivity (Wildman–Crippen MR) is 124 cm³/mol. The summed E-state index contributed by atoms with van der Waals surface area (Å²) in [6, 6.07) is 12.7. The van der Waals surface area contributed by atoms with Crippen molar-refractivity contribution in [1.29, 1.82) is 0 Å². The van der Waals surface area contributed by atoms with Gasteiger partial charge in [0.05, 0.1) is 12.1 Å². The fraction of sp³-hybridized carbons (Fsp3) is 0.375. The van der Waals surface area contributed by atoms with E-state index in [4.69, 9.17) is 16.3 Å². The summed E-state index contributed by atoms with van der Waals surface area (Å²) in [7, 11) is 0. The standard InChI is InChI=1S/C24H26ClFN4O2/c1-2-32-19-7-4-16(5-8-19)23-28-21-14-17(25)6-9-20(21)22(29-23)24(31)27-11-3-12-30-13-10-18(26)15-30/h4-9,14,18H,2-3,10-13,15H2,1H3,(H,27,31)/t18-/m0/s1. The van der Waals surface area contributed by atoms with Gasteiger partial charge >= 0.3 is 0 Å². The molecule has 1 aliphatic heterocycles. The highest BCUT2D eigenvalue weighted by molar-refractivity contribution is 6.31. The van der Waals surface area contributed by atoms with Gasteiger partial charge in [-0.2, -0.15) is 0 Å². The van der Waals surface area contributed by atoms with Gasteiger partial charge in [0.1, 0.15) is 17.6 Å². The van der Waals surface area contributed by atoms with Gasteiger partial charge in [0.25, 0.3) is 5.91 Å². The number of nitrogens with zero attached hydrogens (tertiary/aromatic N) is 3. The molecule has 4 rings (SSSR count). The lowest BCUT2D eigenvalue weighted by atomic mass is 10.1. The average Bonchev–Trinajstić information content (AvgIpc) is 3.21. The lowest BCUT2D eigenvalue weighted by Gasteiger charge is -2.14. The Hall–Kier alpha value is -2.77. The van der Waals surface area contributed by atoms with Crippen LogP contribution in [0.3, 0.4) is 0 Å². The molecule has 1 N–H and O–H groups in total. The molecule has 168 valence electrons. The largest absolute Gasteiger partial charge is 0.494 e. The zero-order valence-corrected chi connectivity index (χ0v) is 18.7. The predicted octanol–water partition coefficient (Wildman–Crippen LogP) is 4.51. The number of rotatable bonds is 8. The third-order valence-corrected chi connectivity index (χ3v) is 5.68. The van der Waals surface area contributed by atoms with Crippen molar-refractivity contribution in [2.24, 2.45) is 0 Å². The maximum absolute atomic E-state index is 13.3. The van der Waals surface area contributed by atoms with Crippen LogP contribution in [0, 0.1) is 0 Å². The molecule has 1 amide bonds. The van der Waals surface area contributed by atoms with E-state index in [1.54, 1.807) is 18.2 Å². The highest BCUT2D eigenvalue weighted by atomic mass is 35.5. The molecule has 1 aliphatic rings. The number of carbonyl (C=O) groups is 1. The molecule has 1 atom stereocenters. The number of hydrogen-bond donors (Lipinski definition) is 1. The van der Waals surface area contributed by atoms with Crippen LogP contribution in [0.4, 0.5) is 4.39 Å². The molecule has 2 heterocycles. The number of nitrogens with one attached hydrogen (secondary N) is 1. The van der Waals surface area contributed by atoms with Crippen molar-refractivity contribution < 1.29 is 13.9 Å². The zero-order valence-electron chi connectivity index (χ0n) is 18.0. The number of ether oxygens (including phenoxy) is 1. The van der Waals surface area contributed by atoms with E-state index in [2.05, 4.69) is 20.2 Å². The zero-order chi connectivity index (χ0) is 22.5. The van der Waals surface area contributed by atoms with E-state index in [0.717, 1.165) is 30.8 Å². The molecular formula is C24H26ClFN4O2. The molecule has 6 nitrogen and oxygen atoms in total. The Kier molecular flexibility index (Phi) is 7.17. The molecule has 1 aromatic heterocycles. The van der Waals surface area contributed by atoms with Crippen LogP contribution in [-0.4, -0.2) is 59.7 Å². The number of amides is 1. The average molecular weight is 457 g/mol. The summed E-state index contributed by atoms with van der Waals surface area (Å²) in [5.74, 6) is 0.936. The van der Waals surface area contributed by atoms with Crippen LogP contribution in [-0.2, 0) is 0 Å². The molecule has 0 unspecified atom stereocenters. The summed E-state index contributed by atoms with van der Waals surface area (Å²) in [5, 5.41) is 4.12. The first-order valence-corrected chi connectivity index (χ1v) is 11.3. The number of likely N-dealkylation sites (tertiary alicyclic amines) is 1. The molecule has 8 heteroatoms. The summed E-state index contributed by atoms with van der Waals surface area (Å²) in [6.45, 7) is 5.02. The highest BCUT2D eigenvalue weighted by Gasteiger charge is 2.21. The number of carbonyl (C=O) groups excluding carboxylic acids is 1. The van der Waals surface area contributed by atoms with Crippen molar-refractivity contribution in [3.05, 3.63) is 53.2 Å². The maximum atomic E-state index is 13.3. The molecule has 32 heavy (non-hydrogen) atoms. The number of alkyl halides is 1. The van der Waals surface area contributed by atoms with Crippen molar-refractivity contribution in [2.75, 3.05) is 32.8 Å². The Balaban J connectivity index is 1.53. The van der Waals surface area contributed by atoms with E-state index < -0.39 is 6.17 Å². The third-order valence-electron chi connectivity index (χ3n) is 5.45. The van der Waals surface area contributed by atoms with Gasteiger partial charge in [-0.05, 0) is 68.8 Å². The first kappa shape index (κ1) is 22.4. The van der Waals surface area contributed by atoms with Crippen molar-refractivity contribution in [2.45, 2.75) is 25.9 Å². The van der Waals surface area contributed by atoms with E-state index in [1.807, 2.05) is 31.2 Å². The summed E-state index contributed by atoms with van der Waals surface area (Å²) >= 11 is 6.17. The van der Waals surface area contributed by atoms with Gasteiger partial charge in [-0.3, -0.25) is 4.79 Å². The minimum atomic E-state index is -0.732. The Morgan fingerprint density at radius 1 is 1.25 bits per heavy atom. The molecule has 0 radical (unpaired) electrons. The van der Waals surface area contributed by atoms with E-state index in [0.29, 0.717) is 53.6 Å². The first-order chi connectivity index (χ1) is 15.5. The summed E-state index contributed by atoms with van der Waals surface area (Å²) < 4.78 is 18.8. The monoisotopic (exact) mass is 456 g/mol. The molecule has 3 aromatic rings. The lowest BCUT2D eigenvalue weighted by Crippen LogP contribution is -2.30. The van der Waals surface area contributed by atoms with Gasteiger partial charge in [0.2, 0.25) is 0 Å². The molecule has 2 aromatic carbocycles. The second kappa shape index (κ2) is 10.2. The number of halogens is 2. The smallest absolute Gasteiger partial charge is 0.270 e. The van der Waals surface area contributed by atoms with Crippen molar-refractivity contribution >= 4 is 28.4 Å². The summed E-state index contributed by atoms with van der Waals surface area (Å²) in [6.07, 6.45) is 0.611. The van der Waals surface area contributed by atoms with Gasteiger partial charge in [-0.15, -0.1) is 0 Å². The van der Waals surface area contributed by atoms with Crippen molar-refractivity contribution in [1.82, 2.24) is 20.2 Å². The van der Waals surface area contributed by atoms with Crippen LogP contribution in [0.25, 0.3) is 22.3 Å². The van der Waals surface area contributed by atoms with E-state index in [9.17, 15) is 9.18 Å². The second-order valence-electron chi connectivity index (χ2n) is 7.81. The van der Waals surface area contributed by atoms with Crippen LogP contribution in [0.1, 0.15) is 30.3 Å². The topological polar surface area (TPSA) is 67.3 Å².